The van der Waals surface area contributed by atoms with Crippen molar-refractivity contribution in [3.63, 3.8) is 0 Å². The van der Waals surface area contributed by atoms with Crippen LogP contribution in [0.1, 0.15) is 82.6 Å². The fourth-order valence-electron chi connectivity index (χ4n) is 4.19. The standard InChI is InChI=1S/C32H43NO8/c1-7-21(3)16-28(34)40-26-15-14-24(18-27(26)41-29(35)17-22(4)8-2)20-32(33,31(37)38-6)19-23(5)39-30(36)25-12-10-9-11-13-25/h9-15,18,21-23H,7-8,16-17,19-20,33H2,1-6H3/t21?,22?,23?,32-/m1/s1. The zero-order valence-corrected chi connectivity index (χ0v) is 24.9. The molecule has 224 valence electrons. The summed E-state index contributed by atoms with van der Waals surface area (Å²) in [5.41, 5.74) is 5.91. The summed E-state index contributed by atoms with van der Waals surface area (Å²) >= 11 is 0. The number of methoxy groups -OCH3 is 1. The van der Waals surface area contributed by atoms with Gasteiger partial charge in [-0.2, -0.15) is 0 Å². The van der Waals surface area contributed by atoms with E-state index < -0.39 is 35.5 Å². The first-order valence-corrected chi connectivity index (χ1v) is 14.1. The number of ether oxygens (including phenoxy) is 4. The van der Waals surface area contributed by atoms with Crippen LogP contribution in [0, 0.1) is 11.8 Å². The van der Waals surface area contributed by atoms with Crippen molar-refractivity contribution in [3.8, 4) is 11.5 Å². The fraction of sp³-hybridized carbons (Fsp3) is 0.500. The molecule has 9 nitrogen and oxygen atoms in total. The maximum absolute atomic E-state index is 12.8. The highest BCUT2D eigenvalue weighted by Crippen LogP contribution is 2.32. The second-order valence-electron chi connectivity index (χ2n) is 10.8. The topological polar surface area (TPSA) is 131 Å². The minimum atomic E-state index is -1.57. The predicted molar refractivity (Wildman–Crippen MR) is 154 cm³/mol. The van der Waals surface area contributed by atoms with Crippen LogP contribution in [0.5, 0.6) is 11.5 Å². The monoisotopic (exact) mass is 569 g/mol. The van der Waals surface area contributed by atoms with Gasteiger partial charge in [0.25, 0.3) is 0 Å². The van der Waals surface area contributed by atoms with E-state index in [1.807, 2.05) is 27.7 Å². The third kappa shape index (κ3) is 10.6. The van der Waals surface area contributed by atoms with Gasteiger partial charge in [-0.25, -0.2) is 4.79 Å². The van der Waals surface area contributed by atoms with Crippen LogP contribution in [-0.2, 0) is 30.3 Å². The molecule has 0 spiro atoms. The minimum absolute atomic E-state index is 0.0239. The highest BCUT2D eigenvalue weighted by atomic mass is 16.6. The summed E-state index contributed by atoms with van der Waals surface area (Å²) in [4.78, 5) is 50.5. The average Bonchev–Trinajstić information content (AvgIpc) is 2.93. The molecule has 41 heavy (non-hydrogen) atoms. The van der Waals surface area contributed by atoms with Crippen molar-refractivity contribution in [2.24, 2.45) is 17.6 Å². The molecule has 0 saturated carbocycles. The van der Waals surface area contributed by atoms with Crippen LogP contribution in [0.2, 0.25) is 0 Å². The molecular formula is C32H43NO8. The molecule has 3 unspecified atom stereocenters. The average molecular weight is 570 g/mol. The Morgan fingerprint density at radius 3 is 1.93 bits per heavy atom. The third-order valence-electron chi connectivity index (χ3n) is 6.96. The van der Waals surface area contributed by atoms with E-state index in [2.05, 4.69) is 0 Å². The Labute approximate surface area is 242 Å². The zero-order chi connectivity index (χ0) is 30.6. The van der Waals surface area contributed by atoms with Crippen LogP contribution in [0.3, 0.4) is 0 Å². The molecule has 0 aliphatic rings. The SMILES string of the molecule is CCC(C)CC(=O)Oc1ccc(C[C@](N)(CC(C)OC(=O)c2ccccc2)C(=O)OC)cc1OC(=O)CC(C)CC. The van der Waals surface area contributed by atoms with E-state index >= 15 is 0 Å². The summed E-state index contributed by atoms with van der Waals surface area (Å²) in [6, 6.07) is 13.2. The second kappa shape index (κ2) is 15.9. The smallest absolute Gasteiger partial charge is 0.338 e. The highest BCUT2D eigenvalue weighted by molar-refractivity contribution is 5.89. The van der Waals surface area contributed by atoms with E-state index in [0.29, 0.717) is 11.1 Å². The number of hydrogen-bond acceptors (Lipinski definition) is 9. The largest absolute Gasteiger partial charge is 0.468 e. The molecule has 0 aliphatic carbocycles. The number of nitrogens with two attached hydrogens (primary N) is 1. The first kappa shape index (κ1) is 33.5. The Hall–Kier alpha value is -3.72. The molecule has 0 fully saturated rings. The first-order valence-electron chi connectivity index (χ1n) is 14.1. The molecule has 0 heterocycles. The summed E-state index contributed by atoms with van der Waals surface area (Å²) in [6.07, 6.45) is 1.24. The lowest BCUT2D eigenvalue weighted by molar-refractivity contribution is -0.148. The van der Waals surface area contributed by atoms with E-state index in [0.717, 1.165) is 12.8 Å². The van der Waals surface area contributed by atoms with Gasteiger partial charge in [0.2, 0.25) is 0 Å². The zero-order valence-electron chi connectivity index (χ0n) is 24.9. The quantitative estimate of drug-likeness (QED) is 0.221. The van der Waals surface area contributed by atoms with E-state index in [1.165, 1.54) is 19.2 Å². The molecule has 4 atom stereocenters. The lowest BCUT2D eigenvalue weighted by atomic mass is 9.86. The summed E-state index contributed by atoms with van der Waals surface area (Å²) in [6.45, 7) is 9.50. The molecule has 2 aromatic rings. The number of hydrogen-bond donors (Lipinski definition) is 1. The van der Waals surface area contributed by atoms with Crippen LogP contribution >= 0.6 is 0 Å². The van der Waals surface area contributed by atoms with E-state index in [-0.39, 0.29) is 49.0 Å². The van der Waals surface area contributed by atoms with Gasteiger partial charge < -0.3 is 24.7 Å². The van der Waals surface area contributed by atoms with Gasteiger partial charge in [-0.3, -0.25) is 14.4 Å². The molecule has 0 bridgehead atoms. The van der Waals surface area contributed by atoms with Gasteiger partial charge in [0, 0.05) is 25.7 Å². The van der Waals surface area contributed by atoms with E-state index in [4.69, 9.17) is 24.7 Å². The molecule has 0 amide bonds. The van der Waals surface area contributed by atoms with Crippen molar-refractivity contribution in [2.45, 2.75) is 84.8 Å². The van der Waals surface area contributed by atoms with Gasteiger partial charge in [-0.15, -0.1) is 0 Å². The Kier molecular flexibility index (Phi) is 13.0. The second-order valence-corrected chi connectivity index (χ2v) is 10.8. The fourth-order valence-corrected chi connectivity index (χ4v) is 4.19. The molecule has 2 aromatic carbocycles. The number of esters is 4. The number of rotatable bonds is 15. The van der Waals surface area contributed by atoms with Crippen LogP contribution in [-0.4, -0.2) is 42.6 Å². The van der Waals surface area contributed by atoms with Crippen molar-refractivity contribution in [2.75, 3.05) is 7.11 Å². The Bertz CT molecular complexity index is 1180. The van der Waals surface area contributed by atoms with Crippen molar-refractivity contribution < 1.29 is 38.1 Å². The van der Waals surface area contributed by atoms with Gasteiger partial charge in [0.1, 0.15) is 11.6 Å². The van der Waals surface area contributed by atoms with Gasteiger partial charge >= 0.3 is 23.9 Å². The highest BCUT2D eigenvalue weighted by Gasteiger charge is 2.38. The molecule has 0 radical (unpaired) electrons. The summed E-state index contributed by atoms with van der Waals surface area (Å²) in [7, 11) is 1.23. The van der Waals surface area contributed by atoms with Crippen LogP contribution in [0.15, 0.2) is 48.5 Å². The van der Waals surface area contributed by atoms with E-state index in [1.54, 1.807) is 43.3 Å². The Balaban J connectivity index is 2.31. The predicted octanol–water partition coefficient (Wildman–Crippen LogP) is 5.42. The van der Waals surface area contributed by atoms with Crippen molar-refractivity contribution in [1.82, 2.24) is 0 Å². The van der Waals surface area contributed by atoms with Crippen LogP contribution < -0.4 is 15.2 Å². The van der Waals surface area contributed by atoms with Crippen molar-refractivity contribution in [1.29, 1.82) is 0 Å². The normalized spacial score (nSPS) is 14.6. The number of benzene rings is 2. The Morgan fingerprint density at radius 2 is 1.39 bits per heavy atom. The molecule has 9 heteroatoms. The lowest BCUT2D eigenvalue weighted by Crippen LogP contribution is -2.53. The van der Waals surface area contributed by atoms with Gasteiger partial charge in [-0.05, 0) is 48.6 Å². The third-order valence-corrected chi connectivity index (χ3v) is 6.96. The van der Waals surface area contributed by atoms with Crippen LogP contribution in [0.4, 0.5) is 0 Å². The molecule has 2 rings (SSSR count). The van der Waals surface area contributed by atoms with Crippen LogP contribution in [0.25, 0.3) is 0 Å². The maximum atomic E-state index is 12.8. The summed E-state index contributed by atoms with van der Waals surface area (Å²) in [5.74, 6) is -1.74. The maximum Gasteiger partial charge on any atom is 0.338 e. The lowest BCUT2D eigenvalue weighted by Gasteiger charge is -2.29. The van der Waals surface area contributed by atoms with Gasteiger partial charge in [0.05, 0.1) is 12.7 Å². The first-order chi connectivity index (χ1) is 19.4. The van der Waals surface area contributed by atoms with Gasteiger partial charge in [-0.1, -0.05) is 64.8 Å². The molecule has 0 aromatic heterocycles. The van der Waals surface area contributed by atoms with Gasteiger partial charge in [0.15, 0.2) is 11.5 Å². The molecule has 2 N–H and O–H groups in total. The summed E-state index contributed by atoms with van der Waals surface area (Å²) in [5, 5.41) is 0. The molecule has 0 saturated heterocycles. The number of carbonyl (C=O) groups is 4. The molecular weight excluding hydrogens is 526 g/mol. The summed E-state index contributed by atoms with van der Waals surface area (Å²) < 4.78 is 21.7. The van der Waals surface area contributed by atoms with E-state index in [9.17, 15) is 19.2 Å². The minimum Gasteiger partial charge on any atom is -0.468 e. The van der Waals surface area contributed by atoms with Crippen molar-refractivity contribution in [3.05, 3.63) is 59.7 Å². The number of carbonyl (C=O) groups excluding carboxylic acids is 4. The van der Waals surface area contributed by atoms with Crippen molar-refractivity contribution >= 4 is 23.9 Å². The molecule has 0 aliphatic heterocycles. The Morgan fingerprint density at radius 1 is 0.829 bits per heavy atom.